The number of carbonyl (C=O) groups is 2. The summed E-state index contributed by atoms with van der Waals surface area (Å²) in [4.78, 5) is 30.3. The van der Waals surface area contributed by atoms with Gasteiger partial charge in [0.05, 0.1) is 30.4 Å². The van der Waals surface area contributed by atoms with E-state index in [0.717, 1.165) is 4.90 Å². The van der Waals surface area contributed by atoms with Crippen LogP contribution in [0.1, 0.15) is 46.7 Å². The first-order valence-electron chi connectivity index (χ1n) is 13.2. The minimum Gasteiger partial charge on any atom is -0.446 e. The number of hydrogen-bond acceptors (Lipinski definition) is 4. The quantitative estimate of drug-likeness (QED) is 0.379. The van der Waals surface area contributed by atoms with Gasteiger partial charge in [0.1, 0.15) is 11.9 Å². The van der Waals surface area contributed by atoms with Crippen LogP contribution in [0.2, 0.25) is 0 Å². The zero-order chi connectivity index (χ0) is 30.8. The van der Waals surface area contributed by atoms with Crippen LogP contribution in [0.5, 0.6) is 0 Å². The highest BCUT2D eigenvalue weighted by Gasteiger charge is 2.39. The molecule has 2 aliphatic rings. The molecule has 0 N–H and O–H groups in total. The summed E-state index contributed by atoms with van der Waals surface area (Å²) in [6.07, 6.45) is -10.8. The number of carbonyl (C=O) groups excluding carboxylic acids is 2. The molecule has 2 atom stereocenters. The molecule has 2 saturated heterocycles. The summed E-state index contributed by atoms with van der Waals surface area (Å²) in [6.45, 7) is 2.68. The van der Waals surface area contributed by atoms with Crippen molar-refractivity contribution >= 4 is 12.1 Å². The number of urea groups is 1. The number of benzene rings is 2. The maximum Gasteiger partial charge on any atom is 0.416 e. The first-order chi connectivity index (χ1) is 19.6. The Morgan fingerprint density at radius 2 is 1.60 bits per heavy atom. The van der Waals surface area contributed by atoms with E-state index in [9.17, 15) is 40.3 Å². The maximum atomic E-state index is 13.9. The Labute approximate surface area is 237 Å². The number of nitrogens with zero attached hydrogens (tertiary/aromatic N) is 3. The summed E-state index contributed by atoms with van der Waals surface area (Å²) in [6, 6.07) is 3.84. The fourth-order valence-corrected chi connectivity index (χ4v) is 5.21. The fraction of sp³-hybridized carbons (Fsp3) is 0.500. The number of amides is 3. The predicted molar refractivity (Wildman–Crippen MR) is 136 cm³/mol. The molecule has 0 aromatic heterocycles. The molecule has 0 unspecified atom stereocenters. The normalized spacial score (nSPS) is 19.9. The van der Waals surface area contributed by atoms with E-state index in [2.05, 4.69) is 0 Å². The highest BCUT2D eigenvalue weighted by molar-refractivity contribution is 5.75. The molecule has 2 aliphatic heterocycles. The topological polar surface area (TPSA) is 62.3 Å². The third kappa shape index (κ3) is 7.44. The average molecular weight is 606 g/mol. The molecule has 42 heavy (non-hydrogen) atoms. The van der Waals surface area contributed by atoms with Crippen LogP contribution < -0.4 is 0 Å². The molecule has 0 saturated carbocycles. The average Bonchev–Trinajstić information content (AvgIpc) is 2.92. The smallest absolute Gasteiger partial charge is 0.416 e. The molecule has 0 radical (unpaired) electrons. The predicted octanol–water partition coefficient (Wildman–Crippen LogP) is 6.40. The second-order valence-corrected chi connectivity index (χ2v) is 10.4. The van der Waals surface area contributed by atoms with E-state index >= 15 is 0 Å². The van der Waals surface area contributed by atoms with Crippen LogP contribution in [0.4, 0.5) is 40.3 Å². The zero-order valence-electron chi connectivity index (χ0n) is 22.9. The Kier molecular flexibility index (Phi) is 9.24. The fourth-order valence-electron chi connectivity index (χ4n) is 5.21. The number of halogens is 7. The molecule has 0 aliphatic carbocycles. The van der Waals surface area contributed by atoms with Crippen molar-refractivity contribution in [2.75, 3.05) is 39.9 Å². The van der Waals surface area contributed by atoms with E-state index in [0.29, 0.717) is 49.6 Å². The summed E-state index contributed by atoms with van der Waals surface area (Å²) in [7, 11) is 1.27. The van der Waals surface area contributed by atoms with Crippen LogP contribution in [-0.2, 0) is 28.4 Å². The van der Waals surface area contributed by atoms with Gasteiger partial charge in [-0.1, -0.05) is 6.07 Å². The highest BCUT2D eigenvalue weighted by Crippen LogP contribution is 2.38. The molecule has 0 bridgehead atoms. The van der Waals surface area contributed by atoms with E-state index < -0.39 is 60.1 Å². The van der Waals surface area contributed by atoms with Crippen LogP contribution in [0.15, 0.2) is 36.4 Å². The Hall–Kier alpha value is -3.55. The van der Waals surface area contributed by atoms with Crippen molar-refractivity contribution in [2.45, 2.75) is 50.8 Å². The standard InChI is InChI=1S/C28H30F7N3O4/c1-17-11-21(29)3-4-23(17)24-15-22(42-26(40)37-7-9-41-10-8-37)5-6-38(24)25(39)36(2)16-18-12-19(27(30,31)32)14-20(13-18)28(33,34)35/h3-4,11-14,22,24H,5-10,15-16H2,1-2H3/t22-,24+/m0/s1. The molecular formula is C28H30F7N3O4. The van der Waals surface area contributed by atoms with Crippen molar-refractivity contribution in [1.82, 2.24) is 14.7 Å². The van der Waals surface area contributed by atoms with Crippen molar-refractivity contribution in [2.24, 2.45) is 0 Å². The first kappa shape index (κ1) is 31.4. The molecule has 7 nitrogen and oxygen atoms in total. The van der Waals surface area contributed by atoms with Crippen molar-refractivity contribution in [3.8, 4) is 0 Å². The Bertz CT molecular complexity index is 1260. The SMILES string of the molecule is Cc1cc(F)ccc1[C@H]1C[C@@H](OC(=O)N2CCOCC2)CCN1C(=O)N(C)Cc1cc(C(F)(F)F)cc(C(F)(F)F)c1. The molecule has 230 valence electrons. The minimum absolute atomic E-state index is 0.0294. The Morgan fingerprint density at radius 3 is 2.17 bits per heavy atom. The van der Waals surface area contributed by atoms with Crippen LogP contribution in [0, 0.1) is 12.7 Å². The summed E-state index contributed by atoms with van der Waals surface area (Å²) in [5, 5.41) is 0. The van der Waals surface area contributed by atoms with Crippen LogP contribution >= 0.6 is 0 Å². The molecule has 2 heterocycles. The van der Waals surface area contributed by atoms with Crippen LogP contribution in [-0.4, -0.2) is 72.8 Å². The van der Waals surface area contributed by atoms with E-state index in [1.165, 1.54) is 35.0 Å². The van der Waals surface area contributed by atoms with Gasteiger partial charge >= 0.3 is 24.5 Å². The number of morpholine rings is 1. The third-order valence-electron chi connectivity index (χ3n) is 7.32. The molecule has 4 rings (SSSR count). The molecule has 2 aromatic carbocycles. The molecule has 3 amide bonds. The lowest BCUT2D eigenvalue weighted by Gasteiger charge is -2.42. The summed E-state index contributed by atoms with van der Waals surface area (Å²) in [5.74, 6) is -0.498. The van der Waals surface area contributed by atoms with E-state index in [4.69, 9.17) is 9.47 Å². The van der Waals surface area contributed by atoms with Crippen molar-refractivity contribution < 1.29 is 49.8 Å². The first-order valence-corrected chi connectivity index (χ1v) is 13.2. The van der Waals surface area contributed by atoms with Gasteiger partial charge in [-0.05, 0) is 53.9 Å². The zero-order valence-corrected chi connectivity index (χ0v) is 22.9. The van der Waals surface area contributed by atoms with E-state index in [1.54, 1.807) is 6.92 Å². The highest BCUT2D eigenvalue weighted by atomic mass is 19.4. The Balaban J connectivity index is 1.57. The number of alkyl halides is 6. The van der Waals surface area contributed by atoms with Crippen molar-refractivity contribution in [3.05, 3.63) is 70.0 Å². The van der Waals surface area contributed by atoms with Gasteiger partial charge in [0.2, 0.25) is 0 Å². The van der Waals surface area contributed by atoms with Gasteiger partial charge in [0.15, 0.2) is 0 Å². The monoisotopic (exact) mass is 605 g/mol. The van der Waals surface area contributed by atoms with E-state index in [1.807, 2.05) is 0 Å². The van der Waals surface area contributed by atoms with Gasteiger partial charge in [-0.25, -0.2) is 14.0 Å². The lowest BCUT2D eigenvalue weighted by atomic mass is 9.90. The van der Waals surface area contributed by atoms with Crippen molar-refractivity contribution in [3.63, 3.8) is 0 Å². The number of hydrogen-bond donors (Lipinski definition) is 0. The summed E-state index contributed by atoms with van der Waals surface area (Å²) >= 11 is 0. The number of ether oxygens (including phenoxy) is 2. The van der Waals surface area contributed by atoms with Gasteiger partial charge < -0.3 is 24.2 Å². The third-order valence-corrected chi connectivity index (χ3v) is 7.32. The van der Waals surface area contributed by atoms with E-state index in [-0.39, 0.29) is 31.0 Å². The second-order valence-electron chi connectivity index (χ2n) is 10.4. The largest absolute Gasteiger partial charge is 0.446 e. The van der Waals surface area contributed by atoms with Gasteiger partial charge in [-0.3, -0.25) is 0 Å². The van der Waals surface area contributed by atoms with Crippen LogP contribution in [0.25, 0.3) is 0 Å². The number of piperidine rings is 1. The van der Waals surface area contributed by atoms with Gasteiger partial charge in [-0.15, -0.1) is 0 Å². The molecule has 0 spiro atoms. The van der Waals surface area contributed by atoms with Crippen LogP contribution in [0.3, 0.4) is 0 Å². The van der Waals surface area contributed by atoms with Gasteiger partial charge in [0, 0.05) is 46.1 Å². The lowest BCUT2D eigenvalue weighted by molar-refractivity contribution is -0.143. The number of likely N-dealkylation sites (tertiary alicyclic amines) is 1. The van der Waals surface area contributed by atoms with Crippen molar-refractivity contribution in [1.29, 1.82) is 0 Å². The molecule has 2 fully saturated rings. The summed E-state index contributed by atoms with van der Waals surface area (Å²) in [5.41, 5.74) is -2.21. The summed E-state index contributed by atoms with van der Waals surface area (Å²) < 4.78 is 105. The number of aryl methyl sites for hydroxylation is 1. The molecule has 2 aromatic rings. The van der Waals surface area contributed by atoms with Gasteiger partial charge in [0.25, 0.3) is 0 Å². The number of rotatable bonds is 4. The maximum absolute atomic E-state index is 13.9. The molecular weight excluding hydrogens is 575 g/mol. The minimum atomic E-state index is -5.02. The lowest BCUT2D eigenvalue weighted by Crippen LogP contribution is -2.49. The second kappa shape index (κ2) is 12.4. The van der Waals surface area contributed by atoms with Gasteiger partial charge in [-0.2, -0.15) is 26.3 Å². The molecule has 14 heteroatoms. The Morgan fingerprint density at radius 1 is 0.976 bits per heavy atom.